The first kappa shape index (κ1) is 16.8. The van der Waals surface area contributed by atoms with E-state index in [1.54, 1.807) is 11.0 Å². The van der Waals surface area contributed by atoms with Gasteiger partial charge in [0.25, 0.3) is 5.91 Å². The fourth-order valence-corrected chi connectivity index (χ4v) is 3.81. The first-order valence-corrected chi connectivity index (χ1v) is 8.84. The average molecular weight is 353 g/mol. The van der Waals surface area contributed by atoms with Crippen LogP contribution in [0.3, 0.4) is 0 Å². The van der Waals surface area contributed by atoms with Crippen LogP contribution >= 0.6 is 0 Å². The van der Waals surface area contributed by atoms with Gasteiger partial charge in [-0.15, -0.1) is 0 Å². The number of rotatable bonds is 1. The van der Waals surface area contributed by atoms with Crippen LogP contribution < -0.4 is 4.74 Å². The normalized spacial score (nSPS) is 18.4. The lowest BCUT2D eigenvalue weighted by Gasteiger charge is -2.44. The number of hydrogen-bond acceptors (Lipinski definition) is 3. The molecule has 5 heteroatoms. The van der Waals surface area contributed by atoms with Crippen LogP contribution in [-0.2, 0) is 0 Å². The number of halogens is 1. The van der Waals surface area contributed by atoms with E-state index in [-0.39, 0.29) is 11.7 Å². The van der Waals surface area contributed by atoms with Crippen LogP contribution in [0.25, 0.3) is 0 Å². The molecular weight excluding hydrogens is 333 g/mol. The smallest absolute Gasteiger partial charge is 0.253 e. The van der Waals surface area contributed by atoms with Crippen LogP contribution in [0.2, 0.25) is 0 Å². The Labute approximate surface area is 151 Å². The monoisotopic (exact) mass is 353 g/mol. The van der Waals surface area contributed by atoms with Crippen LogP contribution in [0.4, 0.5) is 4.39 Å². The average Bonchev–Trinajstić information content (AvgIpc) is 2.63. The van der Waals surface area contributed by atoms with Gasteiger partial charge in [-0.05, 0) is 37.3 Å². The van der Waals surface area contributed by atoms with Gasteiger partial charge in [-0.2, -0.15) is 0 Å². The molecule has 0 bridgehead atoms. The van der Waals surface area contributed by atoms with Gasteiger partial charge in [-0.1, -0.05) is 17.7 Å². The second kappa shape index (κ2) is 6.24. The van der Waals surface area contributed by atoms with Gasteiger partial charge in [0.1, 0.15) is 17.2 Å². The van der Waals surface area contributed by atoms with Crippen molar-refractivity contribution in [2.24, 2.45) is 0 Å². The largest absolute Gasteiger partial charge is 0.486 e. The topological polar surface area (TPSA) is 46.6 Å². The Morgan fingerprint density at radius 1 is 1.15 bits per heavy atom. The SMILES string of the molecule is Cc1ccc2c(c1)C(=O)CC1(CCN(C(=O)c3cccc(F)c3)CC1)O2. The van der Waals surface area contributed by atoms with Crippen molar-refractivity contribution in [2.45, 2.75) is 31.8 Å². The molecule has 1 saturated heterocycles. The summed E-state index contributed by atoms with van der Waals surface area (Å²) in [4.78, 5) is 26.9. The van der Waals surface area contributed by atoms with Crippen molar-refractivity contribution in [3.05, 3.63) is 65.0 Å². The van der Waals surface area contributed by atoms with Crippen molar-refractivity contribution in [1.82, 2.24) is 4.90 Å². The van der Waals surface area contributed by atoms with E-state index < -0.39 is 11.4 Å². The highest BCUT2D eigenvalue weighted by Crippen LogP contribution is 2.39. The predicted octanol–water partition coefficient (Wildman–Crippen LogP) is 3.77. The highest BCUT2D eigenvalue weighted by atomic mass is 19.1. The molecule has 2 aliphatic rings. The van der Waals surface area contributed by atoms with Gasteiger partial charge in [0.05, 0.1) is 12.0 Å². The standard InChI is InChI=1S/C21H20FNO3/c1-14-5-6-19-17(11-14)18(24)13-21(26-19)7-9-23(10-8-21)20(25)15-3-2-4-16(22)12-15/h2-6,11-12H,7-10,13H2,1H3. The quantitative estimate of drug-likeness (QED) is 0.784. The molecule has 0 aliphatic carbocycles. The van der Waals surface area contributed by atoms with Gasteiger partial charge in [-0.25, -0.2) is 4.39 Å². The third-order valence-electron chi connectivity index (χ3n) is 5.28. The molecule has 0 atom stereocenters. The maximum Gasteiger partial charge on any atom is 0.253 e. The number of carbonyl (C=O) groups is 2. The lowest BCUT2D eigenvalue weighted by molar-refractivity contribution is -0.00573. The van der Waals surface area contributed by atoms with Crippen LogP contribution in [-0.4, -0.2) is 35.3 Å². The molecule has 0 saturated carbocycles. The molecule has 1 amide bonds. The Morgan fingerprint density at radius 2 is 1.92 bits per heavy atom. The summed E-state index contributed by atoms with van der Waals surface area (Å²) in [6, 6.07) is 11.4. The number of hydrogen-bond donors (Lipinski definition) is 0. The van der Waals surface area contributed by atoms with Crippen LogP contribution in [0.5, 0.6) is 5.75 Å². The fourth-order valence-electron chi connectivity index (χ4n) is 3.81. The molecule has 2 aromatic rings. The van der Waals surface area contributed by atoms with E-state index in [0.717, 1.165) is 5.56 Å². The van der Waals surface area contributed by atoms with Gasteiger partial charge in [0.2, 0.25) is 0 Å². The molecule has 0 N–H and O–H groups in total. The van der Waals surface area contributed by atoms with Gasteiger partial charge in [0, 0.05) is 31.5 Å². The second-order valence-corrected chi connectivity index (χ2v) is 7.19. The summed E-state index contributed by atoms with van der Waals surface area (Å²) in [5.74, 6) is 0.131. The molecule has 26 heavy (non-hydrogen) atoms. The number of Topliss-reactive ketones (excluding diaryl/α,β-unsaturated/α-hetero) is 1. The third kappa shape index (κ3) is 2.98. The van der Waals surface area contributed by atoms with Gasteiger partial charge >= 0.3 is 0 Å². The number of ether oxygens (including phenoxy) is 1. The molecule has 134 valence electrons. The maximum absolute atomic E-state index is 13.4. The minimum absolute atomic E-state index is 0.0971. The van der Waals surface area contributed by atoms with E-state index in [1.165, 1.54) is 18.2 Å². The molecule has 2 heterocycles. The first-order valence-electron chi connectivity index (χ1n) is 8.84. The lowest BCUT2D eigenvalue weighted by Crippen LogP contribution is -2.52. The number of likely N-dealkylation sites (tertiary alicyclic amines) is 1. The maximum atomic E-state index is 13.4. The van der Waals surface area contributed by atoms with Gasteiger partial charge in [-0.3, -0.25) is 9.59 Å². The van der Waals surface area contributed by atoms with E-state index in [0.29, 0.717) is 49.2 Å². The number of amides is 1. The molecule has 0 unspecified atom stereocenters. The van der Waals surface area contributed by atoms with Crippen LogP contribution in [0, 0.1) is 12.7 Å². The highest BCUT2D eigenvalue weighted by molar-refractivity contribution is 6.00. The Kier molecular flexibility index (Phi) is 4.02. The number of nitrogens with zero attached hydrogens (tertiary/aromatic N) is 1. The Balaban J connectivity index is 1.49. The van der Waals surface area contributed by atoms with Gasteiger partial charge < -0.3 is 9.64 Å². The number of carbonyl (C=O) groups excluding carboxylic acids is 2. The second-order valence-electron chi connectivity index (χ2n) is 7.19. The molecule has 2 aromatic carbocycles. The number of ketones is 1. The molecule has 0 aromatic heterocycles. The molecule has 4 rings (SSSR count). The van der Waals surface area contributed by atoms with Crippen LogP contribution in [0.1, 0.15) is 45.5 Å². The minimum Gasteiger partial charge on any atom is -0.486 e. The summed E-state index contributed by atoms with van der Waals surface area (Å²) in [5.41, 5.74) is 1.49. The van der Waals surface area contributed by atoms with E-state index in [2.05, 4.69) is 0 Å². The summed E-state index contributed by atoms with van der Waals surface area (Å²) in [5, 5.41) is 0. The zero-order valence-electron chi connectivity index (χ0n) is 14.6. The molecular formula is C21H20FNO3. The van der Waals surface area contributed by atoms with E-state index >= 15 is 0 Å². The number of aryl methyl sites for hydroxylation is 1. The van der Waals surface area contributed by atoms with Gasteiger partial charge in [0.15, 0.2) is 5.78 Å². The number of piperidine rings is 1. The Morgan fingerprint density at radius 3 is 2.65 bits per heavy atom. The van der Waals surface area contributed by atoms with Crippen molar-refractivity contribution in [3.63, 3.8) is 0 Å². The van der Waals surface area contributed by atoms with Crippen molar-refractivity contribution in [2.75, 3.05) is 13.1 Å². The van der Waals surface area contributed by atoms with Crippen molar-refractivity contribution in [1.29, 1.82) is 0 Å². The third-order valence-corrected chi connectivity index (χ3v) is 5.28. The van der Waals surface area contributed by atoms with Crippen molar-refractivity contribution in [3.8, 4) is 5.75 Å². The Bertz CT molecular complexity index is 885. The fraction of sp³-hybridized carbons (Fsp3) is 0.333. The molecule has 1 spiro atoms. The minimum atomic E-state index is -0.544. The highest BCUT2D eigenvalue weighted by Gasteiger charge is 2.43. The summed E-state index contributed by atoms with van der Waals surface area (Å²) in [6.45, 7) is 2.93. The zero-order valence-corrected chi connectivity index (χ0v) is 14.6. The zero-order chi connectivity index (χ0) is 18.3. The number of fused-ring (bicyclic) bond motifs is 1. The van der Waals surface area contributed by atoms with Crippen LogP contribution in [0.15, 0.2) is 42.5 Å². The molecule has 2 aliphatic heterocycles. The predicted molar refractivity (Wildman–Crippen MR) is 95.0 cm³/mol. The van der Waals surface area contributed by atoms with E-state index in [9.17, 15) is 14.0 Å². The van der Waals surface area contributed by atoms with Crippen molar-refractivity contribution >= 4 is 11.7 Å². The first-order chi connectivity index (χ1) is 12.5. The van der Waals surface area contributed by atoms with E-state index in [4.69, 9.17) is 4.74 Å². The lowest BCUT2D eigenvalue weighted by atomic mass is 9.82. The molecule has 0 radical (unpaired) electrons. The summed E-state index contributed by atoms with van der Waals surface area (Å²) >= 11 is 0. The summed E-state index contributed by atoms with van der Waals surface area (Å²) in [6.07, 6.45) is 1.52. The molecule has 4 nitrogen and oxygen atoms in total. The van der Waals surface area contributed by atoms with Crippen molar-refractivity contribution < 1.29 is 18.7 Å². The Hall–Kier alpha value is -2.69. The number of benzene rings is 2. The molecule has 1 fully saturated rings. The summed E-state index contributed by atoms with van der Waals surface area (Å²) < 4.78 is 19.6. The summed E-state index contributed by atoms with van der Waals surface area (Å²) in [7, 11) is 0. The van der Waals surface area contributed by atoms with E-state index in [1.807, 2.05) is 25.1 Å².